The van der Waals surface area contributed by atoms with Gasteiger partial charge in [0.05, 0.1) is 18.6 Å². The SMILES string of the molecule is CC(CCF)Sc1ccc(-c2cnc(N)c(-c3cc(-c4ccc(CNCCF)cc4F)no3)n2)cc1. The standard InChI is InChI=1S/C26H26F3N5OS/c1-16(8-9-27)36-19-5-3-18(4-6-19)23-15-32-26(30)25(33-23)24-13-22(34-35-24)20-7-2-17(12-21(20)29)14-31-11-10-28/h2-7,12-13,15-16,31H,8-11,14H2,1H3,(H2,30,32). The molecular weight excluding hydrogens is 487 g/mol. The van der Waals surface area contributed by atoms with Crippen molar-refractivity contribution in [2.75, 3.05) is 25.6 Å². The van der Waals surface area contributed by atoms with Crippen LogP contribution in [0.3, 0.4) is 0 Å². The van der Waals surface area contributed by atoms with Crippen molar-refractivity contribution in [1.82, 2.24) is 20.4 Å². The van der Waals surface area contributed by atoms with Gasteiger partial charge in [0.1, 0.15) is 18.2 Å². The lowest BCUT2D eigenvalue weighted by atomic mass is 10.1. The smallest absolute Gasteiger partial charge is 0.189 e. The van der Waals surface area contributed by atoms with Gasteiger partial charge < -0.3 is 15.6 Å². The van der Waals surface area contributed by atoms with Crippen LogP contribution in [-0.4, -0.2) is 40.3 Å². The van der Waals surface area contributed by atoms with E-state index >= 15 is 0 Å². The quantitative estimate of drug-likeness (QED) is 0.185. The Balaban J connectivity index is 1.54. The second kappa shape index (κ2) is 12.0. The number of nitrogens with two attached hydrogens (primary N) is 1. The average Bonchev–Trinajstić information content (AvgIpc) is 3.35. The number of halogens is 3. The third-order valence-corrected chi connectivity index (χ3v) is 6.64. The van der Waals surface area contributed by atoms with Gasteiger partial charge in [-0.15, -0.1) is 11.8 Å². The number of nitrogens with one attached hydrogen (secondary N) is 1. The van der Waals surface area contributed by atoms with E-state index < -0.39 is 12.5 Å². The van der Waals surface area contributed by atoms with Gasteiger partial charge >= 0.3 is 0 Å². The van der Waals surface area contributed by atoms with Crippen molar-refractivity contribution in [2.24, 2.45) is 0 Å². The third-order valence-electron chi connectivity index (χ3n) is 5.46. The summed E-state index contributed by atoms with van der Waals surface area (Å²) in [6.45, 7) is 1.74. The summed E-state index contributed by atoms with van der Waals surface area (Å²) in [6, 6.07) is 14.0. The van der Waals surface area contributed by atoms with E-state index in [1.165, 1.54) is 6.07 Å². The highest BCUT2D eigenvalue weighted by atomic mass is 32.2. The molecule has 1 unspecified atom stereocenters. The molecule has 0 spiro atoms. The minimum Gasteiger partial charge on any atom is -0.382 e. The van der Waals surface area contributed by atoms with Crippen LogP contribution in [0.4, 0.5) is 19.0 Å². The first-order chi connectivity index (χ1) is 17.5. The normalized spacial score (nSPS) is 12.1. The van der Waals surface area contributed by atoms with Gasteiger partial charge in [-0.3, -0.25) is 4.39 Å². The molecule has 1 atom stereocenters. The highest BCUT2D eigenvalue weighted by Crippen LogP contribution is 2.32. The minimum absolute atomic E-state index is 0.156. The lowest BCUT2D eigenvalue weighted by Gasteiger charge is -2.09. The van der Waals surface area contributed by atoms with Gasteiger partial charge in [0.2, 0.25) is 0 Å². The number of hydrogen-bond donors (Lipinski definition) is 2. The van der Waals surface area contributed by atoms with Gasteiger partial charge in [0, 0.05) is 40.4 Å². The molecule has 4 aromatic rings. The minimum atomic E-state index is -0.485. The number of thioether (sulfide) groups is 1. The molecule has 6 nitrogen and oxygen atoms in total. The molecule has 0 saturated carbocycles. The Morgan fingerprint density at radius 3 is 2.58 bits per heavy atom. The molecule has 10 heteroatoms. The Labute approximate surface area is 211 Å². The maximum atomic E-state index is 14.7. The summed E-state index contributed by atoms with van der Waals surface area (Å²) in [4.78, 5) is 9.89. The summed E-state index contributed by atoms with van der Waals surface area (Å²) in [5.41, 5.74) is 9.02. The summed E-state index contributed by atoms with van der Waals surface area (Å²) < 4.78 is 45.0. The van der Waals surface area contributed by atoms with Crippen LogP contribution < -0.4 is 11.1 Å². The van der Waals surface area contributed by atoms with E-state index in [9.17, 15) is 13.2 Å². The molecule has 3 N–H and O–H groups in total. The Morgan fingerprint density at radius 2 is 1.86 bits per heavy atom. The van der Waals surface area contributed by atoms with Gasteiger partial charge in [-0.25, -0.2) is 18.7 Å². The van der Waals surface area contributed by atoms with Crippen LogP contribution in [0.1, 0.15) is 18.9 Å². The molecule has 0 aliphatic heterocycles. The first kappa shape index (κ1) is 25.7. The summed E-state index contributed by atoms with van der Waals surface area (Å²) in [5.74, 6) is -0.0541. The van der Waals surface area contributed by atoms with Gasteiger partial charge in [0.15, 0.2) is 17.3 Å². The third kappa shape index (κ3) is 6.24. The summed E-state index contributed by atoms with van der Waals surface area (Å²) in [6.07, 6.45) is 2.07. The molecule has 2 aromatic heterocycles. The van der Waals surface area contributed by atoms with E-state index in [1.54, 1.807) is 36.2 Å². The van der Waals surface area contributed by atoms with E-state index in [4.69, 9.17) is 10.3 Å². The number of nitrogens with zero attached hydrogens (tertiary/aromatic N) is 3. The predicted octanol–water partition coefficient (Wildman–Crippen LogP) is 6.09. The van der Waals surface area contributed by atoms with Crippen LogP contribution >= 0.6 is 11.8 Å². The van der Waals surface area contributed by atoms with Crippen LogP contribution in [0.2, 0.25) is 0 Å². The van der Waals surface area contributed by atoms with Crippen LogP contribution in [0.5, 0.6) is 0 Å². The van der Waals surface area contributed by atoms with Crippen LogP contribution in [0.25, 0.3) is 34.0 Å². The number of aromatic nitrogens is 3. The first-order valence-corrected chi connectivity index (χ1v) is 12.3. The van der Waals surface area contributed by atoms with E-state index in [0.717, 1.165) is 10.5 Å². The zero-order valence-electron chi connectivity index (χ0n) is 19.7. The molecule has 0 amide bonds. The Hall–Kier alpha value is -3.37. The van der Waals surface area contributed by atoms with E-state index in [-0.39, 0.29) is 35.6 Å². The maximum absolute atomic E-state index is 14.7. The predicted molar refractivity (Wildman–Crippen MR) is 136 cm³/mol. The number of nitrogen functional groups attached to an aromatic ring is 1. The van der Waals surface area contributed by atoms with Gasteiger partial charge in [-0.05, 0) is 36.2 Å². The van der Waals surface area contributed by atoms with Crippen LogP contribution in [0.15, 0.2) is 64.1 Å². The van der Waals surface area contributed by atoms with Crippen LogP contribution in [-0.2, 0) is 6.54 Å². The van der Waals surface area contributed by atoms with Gasteiger partial charge in [-0.1, -0.05) is 30.3 Å². The topological polar surface area (TPSA) is 89.9 Å². The molecule has 2 aromatic carbocycles. The zero-order valence-corrected chi connectivity index (χ0v) is 20.5. The molecule has 4 rings (SSSR count). The Kier molecular flexibility index (Phi) is 8.61. The van der Waals surface area contributed by atoms with Gasteiger partial charge in [-0.2, -0.15) is 0 Å². The second-order valence-corrected chi connectivity index (χ2v) is 9.69. The molecule has 0 aliphatic carbocycles. The number of benzene rings is 2. The van der Waals surface area contributed by atoms with Crippen molar-refractivity contribution >= 4 is 17.6 Å². The molecule has 0 saturated heterocycles. The zero-order chi connectivity index (χ0) is 25.5. The van der Waals surface area contributed by atoms with Crippen LogP contribution in [0, 0.1) is 5.82 Å². The fourth-order valence-electron chi connectivity index (χ4n) is 3.56. The number of rotatable bonds is 11. The van der Waals surface area contributed by atoms with E-state index in [2.05, 4.69) is 20.4 Å². The van der Waals surface area contributed by atoms with Crippen molar-refractivity contribution in [3.8, 4) is 34.0 Å². The Morgan fingerprint density at radius 1 is 1.06 bits per heavy atom. The number of hydrogen-bond acceptors (Lipinski definition) is 7. The summed E-state index contributed by atoms with van der Waals surface area (Å²) >= 11 is 1.61. The Bertz CT molecular complexity index is 1300. The lowest BCUT2D eigenvalue weighted by molar-refractivity contribution is 0.433. The number of anilines is 1. The summed E-state index contributed by atoms with van der Waals surface area (Å²) in [7, 11) is 0. The monoisotopic (exact) mass is 513 g/mol. The molecule has 0 radical (unpaired) electrons. The average molecular weight is 514 g/mol. The van der Waals surface area contributed by atoms with E-state index in [0.29, 0.717) is 35.6 Å². The first-order valence-electron chi connectivity index (χ1n) is 11.5. The highest BCUT2D eigenvalue weighted by molar-refractivity contribution is 7.99. The fraction of sp³-hybridized carbons (Fsp3) is 0.269. The molecule has 188 valence electrons. The lowest BCUT2D eigenvalue weighted by Crippen LogP contribution is -2.16. The molecular formula is C26H26F3N5OS. The second-order valence-electron chi connectivity index (χ2n) is 8.18. The maximum Gasteiger partial charge on any atom is 0.189 e. The molecule has 0 fully saturated rings. The highest BCUT2D eigenvalue weighted by Gasteiger charge is 2.17. The fourth-order valence-corrected chi connectivity index (χ4v) is 4.52. The number of alkyl halides is 2. The van der Waals surface area contributed by atoms with Crippen molar-refractivity contribution in [3.63, 3.8) is 0 Å². The molecule has 2 heterocycles. The largest absolute Gasteiger partial charge is 0.382 e. The molecule has 36 heavy (non-hydrogen) atoms. The van der Waals surface area contributed by atoms with Crippen molar-refractivity contribution < 1.29 is 17.7 Å². The van der Waals surface area contributed by atoms with Gasteiger partial charge in [0.25, 0.3) is 0 Å². The molecule has 0 aliphatic rings. The van der Waals surface area contributed by atoms with E-state index in [1.807, 2.05) is 31.2 Å². The summed E-state index contributed by atoms with van der Waals surface area (Å²) in [5, 5.41) is 7.06. The van der Waals surface area contributed by atoms with Crippen molar-refractivity contribution in [3.05, 3.63) is 66.1 Å². The van der Waals surface area contributed by atoms with Crippen molar-refractivity contribution in [1.29, 1.82) is 0 Å². The molecule has 0 bridgehead atoms. The van der Waals surface area contributed by atoms with Crippen molar-refractivity contribution in [2.45, 2.75) is 30.0 Å².